The zero-order chi connectivity index (χ0) is 26.1. The fourth-order valence-corrected chi connectivity index (χ4v) is 3.39. The summed E-state index contributed by atoms with van der Waals surface area (Å²) in [7, 11) is 0. The van der Waals surface area contributed by atoms with E-state index in [0.29, 0.717) is 23.6 Å². The molecule has 3 N–H and O–H groups in total. The Morgan fingerprint density at radius 2 is 1.75 bits per heavy atom. The summed E-state index contributed by atoms with van der Waals surface area (Å²) in [4.78, 5) is 19.0. The van der Waals surface area contributed by atoms with Gasteiger partial charge in [0, 0.05) is 29.8 Å². The van der Waals surface area contributed by atoms with Gasteiger partial charge in [0.1, 0.15) is 0 Å². The minimum atomic E-state index is -4.22. The van der Waals surface area contributed by atoms with Gasteiger partial charge in [-0.2, -0.15) is 18.3 Å². The second-order valence-electron chi connectivity index (χ2n) is 8.16. The summed E-state index contributed by atoms with van der Waals surface area (Å²) in [5, 5.41) is 13.2. The molecule has 10 heteroatoms. The number of rotatable bonds is 7. The molecule has 4 aromatic rings. The van der Waals surface area contributed by atoms with Crippen molar-refractivity contribution in [2.75, 3.05) is 10.6 Å². The third-order valence-corrected chi connectivity index (χ3v) is 5.34. The highest BCUT2D eigenvalue weighted by Gasteiger charge is 2.29. The average molecular weight is 497 g/mol. The molecule has 188 valence electrons. The van der Waals surface area contributed by atoms with Crippen molar-refractivity contribution in [2.24, 2.45) is 0 Å². The van der Waals surface area contributed by atoms with Crippen LogP contribution >= 0.6 is 0 Å². The molecule has 2 aromatic heterocycles. The molecule has 0 aliphatic carbocycles. The van der Waals surface area contributed by atoms with Crippen molar-refractivity contribution in [3.63, 3.8) is 0 Å². The minimum absolute atomic E-state index is 0.586. The zero-order valence-corrected chi connectivity index (χ0v) is 20.1. The molecule has 2 aromatic carbocycles. The summed E-state index contributed by atoms with van der Waals surface area (Å²) in [5.74, 6) is 1.41. The van der Waals surface area contributed by atoms with Crippen LogP contribution in [0.5, 0.6) is 0 Å². The molecule has 2 heterocycles. The lowest BCUT2D eigenvalue weighted by Crippen LogP contribution is -2.04. The number of carbonyl (C=O) groups is 1. The Hall–Kier alpha value is -4.21. The van der Waals surface area contributed by atoms with Crippen LogP contribution in [0.4, 0.5) is 30.5 Å². The first-order valence-corrected chi connectivity index (χ1v) is 11.2. The first kappa shape index (κ1) is 26.4. The van der Waals surface area contributed by atoms with Gasteiger partial charge in [-0.15, -0.1) is 0 Å². The molecule has 0 saturated carbocycles. The van der Waals surface area contributed by atoms with Gasteiger partial charge in [-0.1, -0.05) is 29.8 Å². The number of aryl methyl sites for hydroxylation is 5. The van der Waals surface area contributed by atoms with Crippen molar-refractivity contribution in [1.29, 1.82) is 0 Å². The van der Waals surface area contributed by atoms with Gasteiger partial charge in [-0.05, 0) is 62.9 Å². The van der Waals surface area contributed by atoms with E-state index in [1.54, 1.807) is 25.4 Å². The summed E-state index contributed by atoms with van der Waals surface area (Å²) in [6, 6.07) is 13.1. The number of H-pyrrole nitrogens is 1. The van der Waals surface area contributed by atoms with Crippen molar-refractivity contribution in [3.8, 4) is 0 Å². The van der Waals surface area contributed by atoms with Gasteiger partial charge in [0.2, 0.25) is 6.41 Å². The Kier molecular flexibility index (Phi) is 8.77. The molecule has 36 heavy (non-hydrogen) atoms. The second kappa shape index (κ2) is 12.0. The number of aromatic nitrogens is 4. The van der Waals surface area contributed by atoms with E-state index in [1.165, 1.54) is 17.2 Å². The van der Waals surface area contributed by atoms with Gasteiger partial charge in [-0.25, -0.2) is 4.98 Å². The van der Waals surface area contributed by atoms with Crippen LogP contribution in [-0.2, 0) is 23.8 Å². The summed E-state index contributed by atoms with van der Waals surface area (Å²) in [5.41, 5.74) is 5.09. The van der Waals surface area contributed by atoms with Crippen LogP contribution < -0.4 is 10.6 Å². The quantitative estimate of drug-likeness (QED) is 0.276. The molecule has 0 radical (unpaired) electrons. The Morgan fingerprint density at radius 1 is 0.972 bits per heavy atom. The highest BCUT2D eigenvalue weighted by atomic mass is 19.4. The first-order chi connectivity index (χ1) is 17.2. The molecular formula is C26H27F3N6O. The molecule has 0 unspecified atom stereocenters. The summed E-state index contributed by atoms with van der Waals surface area (Å²) >= 11 is 0. The Morgan fingerprint density at radius 3 is 2.42 bits per heavy atom. The largest absolute Gasteiger partial charge is 0.416 e. The third kappa shape index (κ3) is 7.66. The van der Waals surface area contributed by atoms with Gasteiger partial charge < -0.3 is 10.6 Å². The van der Waals surface area contributed by atoms with E-state index < -0.39 is 11.7 Å². The van der Waals surface area contributed by atoms with Crippen LogP contribution in [0.3, 0.4) is 0 Å². The zero-order valence-electron chi connectivity index (χ0n) is 20.1. The number of amides is 1. The number of halogens is 3. The maximum atomic E-state index is 12.0. The van der Waals surface area contributed by atoms with Gasteiger partial charge in [0.05, 0.1) is 11.3 Å². The molecule has 7 nitrogen and oxygen atoms in total. The average Bonchev–Trinajstić information content (AvgIpc) is 3.28. The van der Waals surface area contributed by atoms with Crippen molar-refractivity contribution < 1.29 is 18.0 Å². The Balaban J connectivity index is 0.000000275. The standard InChI is InChI=1S/C18H20N6O.C8H7F3/c1-12-3-5-15(21-11-25)9-14(12)4-6-16-10-17(24-23-16)22-18-13(2)19-7-8-20-18;1-6-3-2-4-7(5-6)8(9,10)11/h3,5,7-11H,4,6H2,1-2H3,(H,21,25)(H2,20,22,23,24);2-5H,1H3. The van der Waals surface area contributed by atoms with Crippen molar-refractivity contribution in [2.45, 2.75) is 39.8 Å². The molecule has 1 amide bonds. The number of carbonyl (C=O) groups excluding carboxylic acids is 1. The number of hydrogen-bond acceptors (Lipinski definition) is 5. The lowest BCUT2D eigenvalue weighted by Gasteiger charge is -2.07. The smallest absolute Gasteiger partial charge is 0.329 e. The maximum Gasteiger partial charge on any atom is 0.416 e. The van der Waals surface area contributed by atoms with Gasteiger partial charge in [0.15, 0.2) is 11.6 Å². The van der Waals surface area contributed by atoms with Crippen LogP contribution in [0.1, 0.15) is 33.6 Å². The summed E-state index contributed by atoms with van der Waals surface area (Å²) < 4.78 is 35.9. The lowest BCUT2D eigenvalue weighted by atomic mass is 10.0. The normalized spacial score (nSPS) is 10.8. The molecule has 0 fully saturated rings. The molecule has 0 saturated heterocycles. The molecular weight excluding hydrogens is 469 g/mol. The van der Waals surface area contributed by atoms with E-state index in [9.17, 15) is 18.0 Å². The Labute approximate surface area is 207 Å². The van der Waals surface area contributed by atoms with Gasteiger partial charge in [-0.3, -0.25) is 14.9 Å². The van der Waals surface area contributed by atoms with E-state index >= 15 is 0 Å². The monoisotopic (exact) mass is 496 g/mol. The van der Waals surface area contributed by atoms with Crippen LogP contribution in [0.25, 0.3) is 0 Å². The highest BCUT2D eigenvalue weighted by Crippen LogP contribution is 2.29. The predicted molar refractivity (Wildman–Crippen MR) is 133 cm³/mol. The molecule has 0 spiro atoms. The van der Waals surface area contributed by atoms with Crippen LogP contribution in [0.2, 0.25) is 0 Å². The molecule has 4 rings (SSSR count). The van der Waals surface area contributed by atoms with Gasteiger partial charge in [0.25, 0.3) is 0 Å². The Bertz CT molecular complexity index is 1300. The van der Waals surface area contributed by atoms with E-state index in [2.05, 4.69) is 37.7 Å². The lowest BCUT2D eigenvalue weighted by molar-refractivity contribution is -0.137. The SMILES string of the molecule is Cc1ccc(NC=O)cc1CCc1cc(Nc2nccnc2C)n[nH]1.Cc1cccc(C(F)(F)F)c1. The highest BCUT2D eigenvalue weighted by molar-refractivity contribution is 5.71. The van der Waals surface area contributed by atoms with E-state index in [0.717, 1.165) is 42.0 Å². The van der Waals surface area contributed by atoms with Crippen molar-refractivity contribution >= 4 is 23.7 Å². The summed E-state index contributed by atoms with van der Waals surface area (Å²) in [6.07, 6.45) is 1.45. The summed E-state index contributed by atoms with van der Waals surface area (Å²) in [6.45, 7) is 5.60. The number of nitrogens with one attached hydrogen (secondary N) is 3. The predicted octanol–water partition coefficient (Wildman–Crippen LogP) is 5.93. The third-order valence-electron chi connectivity index (χ3n) is 5.34. The molecule has 0 bridgehead atoms. The first-order valence-electron chi connectivity index (χ1n) is 11.2. The number of benzene rings is 2. The van der Waals surface area contributed by atoms with Crippen LogP contribution in [0, 0.1) is 20.8 Å². The van der Waals surface area contributed by atoms with E-state index in [1.807, 2.05) is 31.2 Å². The van der Waals surface area contributed by atoms with E-state index in [-0.39, 0.29) is 0 Å². The topological polar surface area (TPSA) is 95.6 Å². The van der Waals surface area contributed by atoms with Gasteiger partial charge >= 0.3 is 6.18 Å². The number of nitrogens with zero attached hydrogens (tertiary/aromatic N) is 3. The van der Waals surface area contributed by atoms with E-state index in [4.69, 9.17) is 0 Å². The fourth-order valence-electron chi connectivity index (χ4n) is 3.39. The molecule has 0 aliphatic heterocycles. The fraction of sp³-hybridized carbons (Fsp3) is 0.231. The van der Waals surface area contributed by atoms with Crippen LogP contribution in [-0.4, -0.2) is 26.6 Å². The maximum absolute atomic E-state index is 12.0. The van der Waals surface area contributed by atoms with Crippen LogP contribution in [0.15, 0.2) is 60.9 Å². The molecule has 0 atom stereocenters. The second-order valence-corrected chi connectivity index (χ2v) is 8.16. The van der Waals surface area contributed by atoms with Crippen molar-refractivity contribution in [1.82, 2.24) is 20.2 Å². The number of anilines is 3. The minimum Gasteiger partial charge on any atom is -0.329 e. The number of alkyl halides is 3. The number of hydrogen-bond donors (Lipinski definition) is 3. The van der Waals surface area contributed by atoms with Crippen molar-refractivity contribution in [3.05, 3.63) is 94.6 Å². The number of aromatic amines is 1. The molecule has 0 aliphatic rings.